The smallest absolute Gasteiger partial charge is 0.242 e. The van der Waals surface area contributed by atoms with E-state index in [1.54, 1.807) is 4.90 Å². The number of anilines is 1. The molecule has 1 aliphatic heterocycles. The van der Waals surface area contributed by atoms with E-state index in [0.29, 0.717) is 13.0 Å². The zero-order valence-electron chi connectivity index (χ0n) is 16.2. The molecule has 2 aromatic carbocycles. The summed E-state index contributed by atoms with van der Waals surface area (Å²) in [7, 11) is -1.17. The first kappa shape index (κ1) is 20.2. The van der Waals surface area contributed by atoms with E-state index in [-0.39, 0.29) is 30.0 Å². The maximum atomic E-state index is 12.7. The first-order valence-electron chi connectivity index (χ1n) is 9.42. The summed E-state index contributed by atoms with van der Waals surface area (Å²) in [6, 6.07) is 16.9. The Morgan fingerprint density at radius 1 is 1.07 bits per heavy atom. The van der Waals surface area contributed by atoms with Crippen LogP contribution >= 0.6 is 0 Å². The van der Waals surface area contributed by atoms with Gasteiger partial charge in [-0.2, -0.15) is 0 Å². The van der Waals surface area contributed by atoms with Crippen molar-refractivity contribution >= 4 is 21.4 Å². The van der Waals surface area contributed by atoms with Crippen LogP contribution in [0.5, 0.6) is 11.5 Å². The number of likely N-dealkylation sites (N-methyl/N-ethyl adjacent to an activating group) is 2. The van der Waals surface area contributed by atoms with Crippen LogP contribution in [-0.4, -0.2) is 56.9 Å². The van der Waals surface area contributed by atoms with Gasteiger partial charge in [0, 0.05) is 25.3 Å². The third-order valence-corrected chi connectivity index (χ3v) is 6.69. The van der Waals surface area contributed by atoms with Crippen LogP contribution < -0.4 is 9.64 Å². The maximum Gasteiger partial charge on any atom is 0.242 e. The second-order valence-electron chi connectivity index (χ2n) is 7.00. The quantitative estimate of drug-likeness (QED) is 0.712. The Bertz CT molecular complexity index is 898. The lowest BCUT2D eigenvalue weighted by Gasteiger charge is -2.29. The molecule has 1 heterocycles. The lowest BCUT2D eigenvalue weighted by atomic mass is 10.2. The van der Waals surface area contributed by atoms with Gasteiger partial charge in [0.1, 0.15) is 11.5 Å². The van der Waals surface area contributed by atoms with Gasteiger partial charge in [-0.15, -0.1) is 0 Å². The van der Waals surface area contributed by atoms with E-state index in [0.717, 1.165) is 17.2 Å². The number of hydrogen-bond donors (Lipinski definition) is 0. The van der Waals surface area contributed by atoms with Gasteiger partial charge >= 0.3 is 0 Å². The monoisotopic (exact) mass is 402 g/mol. The summed E-state index contributed by atoms with van der Waals surface area (Å²) in [5.74, 6) is 1.67. The normalized spacial score (nSPS) is 17.9. The van der Waals surface area contributed by atoms with E-state index < -0.39 is 9.84 Å². The molecule has 0 saturated carbocycles. The van der Waals surface area contributed by atoms with E-state index in [1.165, 1.54) is 0 Å². The first-order chi connectivity index (χ1) is 13.4. The molecule has 0 N–H and O–H groups in total. The van der Waals surface area contributed by atoms with Crippen LogP contribution in [0.2, 0.25) is 0 Å². The van der Waals surface area contributed by atoms with Crippen LogP contribution in [0.15, 0.2) is 54.6 Å². The molecular weight excluding hydrogens is 376 g/mol. The standard InChI is InChI=1S/C21H26N2O4S/c1-3-23(18-13-14-28(25,26)16-18)21(24)15-22(2)17-9-11-20(12-10-17)27-19-7-5-4-6-8-19/h4-12,18H,3,13-16H2,1-2H3. The van der Waals surface area contributed by atoms with Crippen LogP contribution in [0.3, 0.4) is 0 Å². The molecule has 0 spiro atoms. The van der Waals surface area contributed by atoms with Crippen molar-refractivity contribution in [3.63, 3.8) is 0 Å². The molecule has 1 atom stereocenters. The van der Waals surface area contributed by atoms with Crippen LogP contribution in [0.1, 0.15) is 13.3 Å². The number of sulfone groups is 1. The SMILES string of the molecule is CCN(C(=O)CN(C)c1ccc(Oc2ccccc2)cc1)C1CCS(=O)(=O)C1. The summed E-state index contributed by atoms with van der Waals surface area (Å²) in [4.78, 5) is 16.3. The van der Waals surface area contributed by atoms with E-state index in [2.05, 4.69) is 0 Å². The molecule has 0 radical (unpaired) electrons. The van der Waals surface area contributed by atoms with Crippen molar-refractivity contribution in [1.82, 2.24) is 4.90 Å². The molecule has 1 aliphatic rings. The van der Waals surface area contributed by atoms with Gasteiger partial charge < -0.3 is 14.5 Å². The van der Waals surface area contributed by atoms with Gasteiger partial charge in [-0.3, -0.25) is 4.79 Å². The Kier molecular flexibility index (Phi) is 6.24. The molecule has 6 nitrogen and oxygen atoms in total. The van der Waals surface area contributed by atoms with Crippen molar-refractivity contribution in [2.24, 2.45) is 0 Å². The Morgan fingerprint density at radius 2 is 1.71 bits per heavy atom. The van der Waals surface area contributed by atoms with Crippen LogP contribution in [0, 0.1) is 0 Å². The fourth-order valence-corrected chi connectivity index (χ4v) is 5.17. The minimum atomic E-state index is -3.02. The lowest BCUT2D eigenvalue weighted by Crippen LogP contribution is -2.45. The highest BCUT2D eigenvalue weighted by atomic mass is 32.2. The average molecular weight is 403 g/mol. The van der Waals surface area contributed by atoms with Crippen molar-refractivity contribution < 1.29 is 17.9 Å². The highest BCUT2D eigenvalue weighted by Crippen LogP contribution is 2.24. The number of nitrogens with zero attached hydrogens (tertiary/aromatic N) is 2. The highest BCUT2D eigenvalue weighted by molar-refractivity contribution is 7.91. The Labute approximate surface area is 166 Å². The molecule has 2 aromatic rings. The Morgan fingerprint density at radius 3 is 2.29 bits per heavy atom. The molecular formula is C21H26N2O4S. The summed E-state index contributed by atoms with van der Waals surface area (Å²) < 4.78 is 29.2. The van der Waals surface area contributed by atoms with Gasteiger partial charge in [0.2, 0.25) is 5.91 Å². The summed E-state index contributed by atoms with van der Waals surface area (Å²) in [5.41, 5.74) is 0.892. The Hall–Kier alpha value is -2.54. The summed E-state index contributed by atoms with van der Waals surface area (Å²) in [6.07, 6.45) is 0.525. The van der Waals surface area contributed by atoms with Crippen LogP contribution in [0.25, 0.3) is 0 Å². The molecule has 0 aliphatic carbocycles. The largest absolute Gasteiger partial charge is 0.457 e. The minimum absolute atomic E-state index is 0.0586. The van der Waals surface area contributed by atoms with Gasteiger partial charge in [-0.25, -0.2) is 8.42 Å². The van der Waals surface area contributed by atoms with Gasteiger partial charge in [0.05, 0.1) is 18.1 Å². The number of para-hydroxylation sites is 1. The molecule has 1 amide bonds. The molecule has 7 heteroatoms. The summed E-state index contributed by atoms with van der Waals surface area (Å²) in [6.45, 7) is 2.60. The fourth-order valence-electron chi connectivity index (χ4n) is 3.44. The lowest BCUT2D eigenvalue weighted by molar-refractivity contribution is -0.131. The predicted octanol–water partition coefficient (Wildman–Crippen LogP) is 2.95. The van der Waals surface area contributed by atoms with Crippen molar-refractivity contribution in [2.75, 3.05) is 36.5 Å². The van der Waals surface area contributed by atoms with Crippen molar-refractivity contribution in [1.29, 1.82) is 0 Å². The van der Waals surface area contributed by atoms with Crippen molar-refractivity contribution in [2.45, 2.75) is 19.4 Å². The molecule has 150 valence electrons. The van der Waals surface area contributed by atoms with Gasteiger partial charge in [-0.05, 0) is 49.7 Å². The van der Waals surface area contributed by atoms with Gasteiger partial charge in [0.25, 0.3) is 0 Å². The van der Waals surface area contributed by atoms with Crippen molar-refractivity contribution in [3.8, 4) is 11.5 Å². The van der Waals surface area contributed by atoms with Gasteiger partial charge in [0.15, 0.2) is 9.84 Å². The zero-order chi connectivity index (χ0) is 20.1. The molecule has 0 aromatic heterocycles. The minimum Gasteiger partial charge on any atom is -0.457 e. The average Bonchev–Trinajstić information content (AvgIpc) is 3.03. The van der Waals surface area contributed by atoms with Crippen LogP contribution in [0.4, 0.5) is 5.69 Å². The number of hydrogen-bond acceptors (Lipinski definition) is 5. The molecule has 28 heavy (non-hydrogen) atoms. The highest BCUT2D eigenvalue weighted by Gasteiger charge is 2.34. The summed E-state index contributed by atoms with van der Waals surface area (Å²) in [5, 5.41) is 0. The van der Waals surface area contributed by atoms with E-state index in [1.807, 2.05) is 73.5 Å². The van der Waals surface area contributed by atoms with Crippen LogP contribution in [-0.2, 0) is 14.6 Å². The van der Waals surface area contributed by atoms with E-state index >= 15 is 0 Å². The predicted molar refractivity (Wildman–Crippen MR) is 111 cm³/mol. The molecule has 1 fully saturated rings. The second-order valence-corrected chi connectivity index (χ2v) is 9.23. The molecule has 1 saturated heterocycles. The number of carbonyl (C=O) groups excluding carboxylic acids is 1. The number of rotatable bonds is 7. The topological polar surface area (TPSA) is 66.9 Å². The third kappa shape index (κ3) is 5.04. The van der Waals surface area contributed by atoms with Gasteiger partial charge in [-0.1, -0.05) is 18.2 Å². The molecule has 0 bridgehead atoms. The number of amides is 1. The van der Waals surface area contributed by atoms with E-state index in [4.69, 9.17) is 4.74 Å². The molecule has 1 unspecified atom stereocenters. The fraction of sp³-hybridized carbons (Fsp3) is 0.381. The third-order valence-electron chi connectivity index (χ3n) is 4.94. The number of carbonyl (C=O) groups is 1. The number of ether oxygens (including phenoxy) is 1. The second kappa shape index (κ2) is 8.65. The summed E-state index contributed by atoms with van der Waals surface area (Å²) >= 11 is 0. The van der Waals surface area contributed by atoms with Crippen molar-refractivity contribution in [3.05, 3.63) is 54.6 Å². The zero-order valence-corrected chi connectivity index (χ0v) is 17.1. The first-order valence-corrected chi connectivity index (χ1v) is 11.2. The maximum absolute atomic E-state index is 12.7. The number of benzene rings is 2. The molecule has 3 rings (SSSR count). The van der Waals surface area contributed by atoms with E-state index in [9.17, 15) is 13.2 Å². The Balaban J connectivity index is 1.60.